The van der Waals surface area contributed by atoms with Crippen molar-refractivity contribution in [1.82, 2.24) is 10.2 Å². The van der Waals surface area contributed by atoms with Gasteiger partial charge < -0.3 is 24.9 Å². The second kappa shape index (κ2) is 7.29. The first kappa shape index (κ1) is 17.4. The summed E-state index contributed by atoms with van der Waals surface area (Å²) in [5, 5.41) is 12.9. The van der Waals surface area contributed by atoms with Crippen LogP contribution in [0.5, 0.6) is 11.5 Å². The average molecular weight is 404 g/mol. The van der Waals surface area contributed by atoms with Gasteiger partial charge >= 0.3 is 0 Å². The first-order valence-corrected chi connectivity index (χ1v) is 9.50. The summed E-state index contributed by atoms with van der Waals surface area (Å²) < 4.78 is 16.2. The molecule has 1 aliphatic rings. The monoisotopic (exact) mass is 404 g/mol. The lowest BCUT2D eigenvalue weighted by molar-refractivity contribution is -0.113. The van der Waals surface area contributed by atoms with Crippen molar-refractivity contribution in [2.45, 2.75) is 5.22 Å². The number of nitrogens with one attached hydrogen (secondary N) is 1. The van der Waals surface area contributed by atoms with Gasteiger partial charge in [-0.05, 0) is 29.6 Å². The lowest BCUT2D eigenvalue weighted by atomic mass is 10.2. The highest BCUT2D eigenvalue weighted by Gasteiger charge is 2.18. The Balaban J connectivity index is 1.37. The van der Waals surface area contributed by atoms with Gasteiger partial charge in [-0.25, -0.2) is 0 Å². The molecule has 9 nitrogen and oxygen atoms in total. The minimum Gasteiger partial charge on any atom is -0.454 e. The number of amides is 2. The molecule has 138 valence electrons. The van der Waals surface area contributed by atoms with Crippen LogP contribution in [0.15, 0.2) is 39.3 Å². The highest BCUT2D eigenvalue weighted by atomic mass is 32.2. The SMILES string of the molecule is NC(=O)c1ccsc1NC(=O)CSc1nnc(-c2ccc3c(c2)OCO3)o1. The Morgan fingerprint density at radius 3 is 2.93 bits per heavy atom. The van der Waals surface area contributed by atoms with E-state index in [9.17, 15) is 9.59 Å². The molecule has 11 heteroatoms. The van der Waals surface area contributed by atoms with Crippen LogP contribution in [0.1, 0.15) is 10.4 Å². The number of hydrogen-bond acceptors (Lipinski definition) is 9. The van der Waals surface area contributed by atoms with Crippen molar-refractivity contribution < 1.29 is 23.5 Å². The van der Waals surface area contributed by atoms with Crippen LogP contribution in [-0.4, -0.2) is 34.6 Å². The number of nitrogens with zero attached hydrogens (tertiary/aromatic N) is 2. The third-order valence-corrected chi connectivity index (χ3v) is 5.18. The van der Waals surface area contributed by atoms with E-state index in [1.54, 1.807) is 29.6 Å². The molecule has 4 rings (SSSR count). The average Bonchev–Trinajstić information content (AvgIpc) is 3.39. The van der Waals surface area contributed by atoms with E-state index in [-0.39, 0.29) is 29.2 Å². The van der Waals surface area contributed by atoms with Gasteiger partial charge in [-0.15, -0.1) is 21.5 Å². The van der Waals surface area contributed by atoms with Crippen LogP contribution in [-0.2, 0) is 4.79 Å². The van der Waals surface area contributed by atoms with E-state index < -0.39 is 5.91 Å². The van der Waals surface area contributed by atoms with E-state index in [0.29, 0.717) is 28.0 Å². The number of benzene rings is 1. The zero-order valence-electron chi connectivity index (χ0n) is 13.6. The van der Waals surface area contributed by atoms with E-state index in [2.05, 4.69) is 15.5 Å². The fourth-order valence-electron chi connectivity index (χ4n) is 2.30. The molecule has 0 unspecified atom stereocenters. The summed E-state index contributed by atoms with van der Waals surface area (Å²) in [6.07, 6.45) is 0. The Morgan fingerprint density at radius 2 is 2.07 bits per heavy atom. The number of aromatic nitrogens is 2. The van der Waals surface area contributed by atoms with Crippen molar-refractivity contribution in [2.75, 3.05) is 17.9 Å². The number of fused-ring (bicyclic) bond motifs is 1. The Morgan fingerprint density at radius 1 is 1.22 bits per heavy atom. The Labute approximate surface area is 160 Å². The molecule has 0 fully saturated rings. The lowest BCUT2D eigenvalue weighted by Crippen LogP contribution is -2.17. The van der Waals surface area contributed by atoms with Gasteiger partial charge in [0.05, 0.1) is 11.3 Å². The molecule has 27 heavy (non-hydrogen) atoms. The Hall–Kier alpha value is -3.05. The number of anilines is 1. The number of thiophene rings is 1. The third kappa shape index (κ3) is 3.73. The van der Waals surface area contributed by atoms with Gasteiger partial charge in [0, 0.05) is 5.56 Å². The molecule has 2 amide bonds. The van der Waals surface area contributed by atoms with E-state index in [4.69, 9.17) is 19.6 Å². The Kier molecular flexibility index (Phi) is 4.69. The molecule has 0 saturated carbocycles. The molecule has 1 aromatic carbocycles. The first-order chi connectivity index (χ1) is 13.1. The van der Waals surface area contributed by atoms with E-state index in [0.717, 1.165) is 11.8 Å². The van der Waals surface area contributed by atoms with Gasteiger partial charge in [0.2, 0.25) is 18.6 Å². The van der Waals surface area contributed by atoms with Gasteiger partial charge in [-0.3, -0.25) is 9.59 Å². The van der Waals surface area contributed by atoms with Crippen molar-refractivity contribution >= 4 is 39.9 Å². The minimum atomic E-state index is -0.593. The number of rotatable bonds is 6. The van der Waals surface area contributed by atoms with E-state index in [1.165, 1.54) is 11.3 Å². The fraction of sp³-hybridized carbons (Fsp3) is 0.125. The van der Waals surface area contributed by atoms with Crippen molar-refractivity contribution in [2.24, 2.45) is 5.73 Å². The number of primary amides is 1. The van der Waals surface area contributed by atoms with Crippen molar-refractivity contribution in [3.05, 3.63) is 35.2 Å². The minimum absolute atomic E-state index is 0.0405. The first-order valence-electron chi connectivity index (χ1n) is 7.63. The second-order valence-corrected chi connectivity index (χ2v) is 7.15. The molecule has 1 aliphatic heterocycles. The molecule has 0 atom stereocenters. The highest BCUT2D eigenvalue weighted by Crippen LogP contribution is 2.36. The zero-order valence-corrected chi connectivity index (χ0v) is 15.3. The summed E-state index contributed by atoms with van der Waals surface area (Å²) in [4.78, 5) is 23.3. The third-order valence-electron chi connectivity index (χ3n) is 3.54. The summed E-state index contributed by atoms with van der Waals surface area (Å²) in [6.45, 7) is 0.181. The van der Waals surface area contributed by atoms with Gasteiger partial charge in [-0.1, -0.05) is 11.8 Å². The summed E-state index contributed by atoms with van der Waals surface area (Å²) in [5.41, 5.74) is 6.22. The largest absolute Gasteiger partial charge is 0.454 e. The maximum atomic E-state index is 12.1. The number of hydrogen-bond donors (Lipinski definition) is 2. The van der Waals surface area contributed by atoms with Gasteiger partial charge in [0.15, 0.2) is 11.5 Å². The standard InChI is InChI=1S/C16H12N4O5S2/c17-13(22)9-3-4-26-15(9)18-12(21)6-27-16-20-19-14(25-16)8-1-2-10-11(5-8)24-7-23-10/h1-5H,6-7H2,(H2,17,22)(H,18,21). The van der Waals surface area contributed by atoms with Crippen molar-refractivity contribution in [1.29, 1.82) is 0 Å². The summed E-state index contributed by atoms with van der Waals surface area (Å²) >= 11 is 2.31. The van der Waals surface area contributed by atoms with E-state index in [1.807, 2.05) is 0 Å². The molecule has 2 aromatic heterocycles. The number of nitrogens with two attached hydrogens (primary N) is 1. The maximum absolute atomic E-state index is 12.1. The fourth-order valence-corrected chi connectivity index (χ4v) is 3.68. The van der Waals surface area contributed by atoms with Gasteiger partial charge in [0.25, 0.3) is 11.1 Å². The van der Waals surface area contributed by atoms with Gasteiger partial charge in [-0.2, -0.15) is 0 Å². The molecule has 0 radical (unpaired) electrons. The molecule has 3 N–H and O–H groups in total. The number of ether oxygens (including phenoxy) is 2. The number of thioether (sulfide) groups is 1. The summed E-state index contributed by atoms with van der Waals surface area (Å²) in [7, 11) is 0. The van der Waals surface area contributed by atoms with Crippen LogP contribution < -0.4 is 20.5 Å². The van der Waals surface area contributed by atoms with Gasteiger partial charge in [0.1, 0.15) is 5.00 Å². The summed E-state index contributed by atoms with van der Waals surface area (Å²) in [6, 6.07) is 6.86. The number of carbonyl (C=O) groups excluding carboxylic acids is 2. The van der Waals surface area contributed by atoms with Crippen LogP contribution >= 0.6 is 23.1 Å². The molecular formula is C16H12N4O5S2. The predicted octanol–water partition coefficient (Wildman–Crippen LogP) is 2.36. The predicted molar refractivity (Wildman–Crippen MR) is 98.0 cm³/mol. The molecule has 0 saturated heterocycles. The molecule has 0 aliphatic carbocycles. The Bertz CT molecular complexity index is 1020. The van der Waals surface area contributed by atoms with Crippen molar-refractivity contribution in [3.63, 3.8) is 0 Å². The topological polar surface area (TPSA) is 130 Å². The highest BCUT2D eigenvalue weighted by molar-refractivity contribution is 7.99. The van der Waals surface area contributed by atoms with E-state index >= 15 is 0 Å². The normalized spacial score (nSPS) is 12.1. The second-order valence-electron chi connectivity index (χ2n) is 5.31. The van der Waals surface area contributed by atoms with Crippen LogP contribution in [0.3, 0.4) is 0 Å². The smallest absolute Gasteiger partial charge is 0.277 e. The van der Waals surface area contributed by atoms with Crippen LogP contribution in [0.4, 0.5) is 5.00 Å². The van der Waals surface area contributed by atoms with Crippen LogP contribution in [0.25, 0.3) is 11.5 Å². The quantitative estimate of drug-likeness (QED) is 0.599. The molecular weight excluding hydrogens is 392 g/mol. The van der Waals surface area contributed by atoms with Crippen LogP contribution in [0.2, 0.25) is 0 Å². The molecule has 0 spiro atoms. The van der Waals surface area contributed by atoms with Crippen molar-refractivity contribution in [3.8, 4) is 23.0 Å². The molecule has 0 bridgehead atoms. The van der Waals surface area contributed by atoms with Crippen LogP contribution in [0, 0.1) is 0 Å². The summed E-state index contributed by atoms with van der Waals surface area (Å²) in [5.74, 6) is 0.718. The maximum Gasteiger partial charge on any atom is 0.277 e. The number of carbonyl (C=O) groups is 2. The molecule has 3 heterocycles. The lowest BCUT2D eigenvalue weighted by Gasteiger charge is -2.02. The molecule has 3 aromatic rings. The zero-order chi connectivity index (χ0) is 18.8.